The minimum Gasteiger partial charge on any atom is -0.490 e. The Morgan fingerprint density at radius 3 is 2.73 bits per heavy atom. The molecular weight excluding hydrogens is 383 g/mol. The quantitative estimate of drug-likeness (QED) is 0.335. The van der Waals surface area contributed by atoms with E-state index in [1.54, 1.807) is 18.2 Å². The summed E-state index contributed by atoms with van der Waals surface area (Å²) in [6, 6.07) is 9.09. The molecule has 9 heteroatoms. The van der Waals surface area contributed by atoms with Crippen molar-refractivity contribution in [2.24, 2.45) is 4.99 Å². The average molecular weight is 393 g/mol. The fraction of sp³-hybridized carbons (Fsp3) is 0.0588. The Balaban J connectivity index is 2.01. The highest BCUT2D eigenvalue weighted by molar-refractivity contribution is 6.43. The number of nitrogens with zero attached hydrogens (tertiary/aromatic N) is 2. The first-order valence-corrected chi connectivity index (χ1v) is 7.95. The van der Waals surface area contributed by atoms with Gasteiger partial charge < -0.3 is 9.47 Å². The molecule has 26 heavy (non-hydrogen) atoms. The Kier molecular flexibility index (Phi) is 4.92. The van der Waals surface area contributed by atoms with Crippen molar-refractivity contribution in [3.63, 3.8) is 0 Å². The van der Waals surface area contributed by atoms with Gasteiger partial charge in [-0.1, -0.05) is 35.3 Å². The third-order valence-electron chi connectivity index (χ3n) is 3.52. The van der Waals surface area contributed by atoms with Crippen LogP contribution in [0.25, 0.3) is 6.08 Å². The number of carbonyl (C=O) groups excluding carboxylic acids is 1. The lowest BCUT2D eigenvalue weighted by atomic mass is 10.2. The van der Waals surface area contributed by atoms with Gasteiger partial charge in [-0.3, -0.25) is 10.1 Å². The van der Waals surface area contributed by atoms with Crippen LogP contribution in [-0.2, 0) is 9.53 Å². The van der Waals surface area contributed by atoms with Crippen molar-refractivity contribution in [1.82, 2.24) is 0 Å². The van der Waals surface area contributed by atoms with Crippen LogP contribution in [0, 0.1) is 10.1 Å². The third kappa shape index (κ3) is 3.40. The second-order valence-corrected chi connectivity index (χ2v) is 5.91. The number of rotatable bonds is 4. The number of hydrogen-bond donors (Lipinski definition) is 0. The molecule has 0 aromatic heterocycles. The van der Waals surface area contributed by atoms with Crippen LogP contribution >= 0.6 is 23.2 Å². The molecule has 0 saturated heterocycles. The topological polar surface area (TPSA) is 91.0 Å². The molecule has 0 fully saturated rings. The number of esters is 1. The van der Waals surface area contributed by atoms with Crippen LogP contribution in [-0.4, -0.2) is 23.9 Å². The number of methoxy groups -OCH3 is 1. The Morgan fingerprint density at radius 2 is 2.04 bits per heavy atom. The van der Waals surface area contributed by atoms with E-state index in [0.29, 0.717) is 10.6 Å². The highest BCUT2D eigenvalue weighted by Gasteiger charge is 2.27. The van der Waals surface area contributed by atoms with E-state index < -0.39 is 10.9 Å². The molecule has 1 aliphatic heterocycles. The van der Waals surface area contributed by atoms with Gasteiger partial charge in [0.2, 0.25) is 5.90 Å². The van der Waals surface area contributed by atoms with Crippen LogP contribution in [0.2, 0.25) is 10.0 Å². The summed E-state index contributed by atoms with van der Waals surface area (Å²) in [5.41, 5.74) is 0.505. The first-order valence-electron chi connectivity index (χ1n) is 7.20. The number of ether oxygens (including phenoxy) is 2. The van der Waals surface area contributed by atoms with Crippen molar-refractivity contribution in [3.8, 4) is 5.75 Å². The van der Waals surface area contributed by atoms with Gasteiger partial charge >= 0.3 is 11.7 Å². The number of hydrogen-bond acceptors (Lipinski definition) is 6. The van der Waals surface area contributed by atoms with Gasteiger partial charge in [0.05, 0.1) is 22.1 Å². The first-order chi connectivity index (χ1) is 12.4. The molecule has 2 aromatic carbocycles. The van der Waals surface area contributed by atoms with Crippen molar-refractivity contribution in [2.75, 3.05) is 7.11 Å². The summed E-state index contributed by atoms with van der Waals surface area (Å²) in [6.45, 7) is 0. The molecule has 1 aliphatic rings. The zero-order valence-corrected chi connectivity index (χ0v) is 14.7. The molecule has 0 aliphatic carbocycles. The maximum Gasteiger partial charge on any atom is 0.363 e. The molecule has 7 nitrogen and oxygen atoms in total. The van der Waals surface area contributed by atoms with Crippen LogP contribution in [0.4, 0.5) is 5.69 Å². The summed E-state index contributed by atoms with van der Waals surface area (Å²) in [5, 5.41) is 11.7. The molecule has 0 amide bonds. The van der Waals surface area contributed by atoms with E-state index in [2.05, 4.69) is 4.99 Å². The van der Waals surface area contributed by atoms with Crippen molar-refractivity contribution >= 4 is 46.8 Å². The number of aliphatic imine (C=N–C) groups is 1. The molecule has 2 aromatic rings. The molecule has 3 rings (SSSR count). The second-order valence-electron chi connectivity index (χ2n) is 5.12. The highest BCUT2D eigenvalue weighted by Crippen LogP contribution is 2.31. The Labute approximate surface area is 157 Å². The monoisotopic (exact) mass is 392 g/mol. The summed E-state index contributed by atoms with van der Waals surface area (Å²) in [6.07, 6.45) is 1.43. The zero-order valence-electron chi connectivity index (χ0n) is 13.2. The summed E-state index contributed by atoms with van der Waals surface area (Å²) >= 11 is 12.0. The Hall–Kier alpha value is -2.90. The number of carbonyl (C=O) groups is 1. The standard InChI is InChI=1S/C17H10Cl2N2O5/c1-25-14-6-5-10(8-13(14)21(23)24)16-20-12(17(22)26-16)7-9-3-2-4-11(18)15(9)19/h2-8H,1H3. The molecule has 0 radical (unpaired) electrons. The van der Waals surface area contributed by atoms with Gasteiger partial charge in [0, 0.05) is 11.6 Å². The fourth-order valence-corrected chi connectivity index (χ4v) is 2.64. The number of nitro benzene ring substituents is 1. The maximum absolute atomic E-state index is 12.1. The molecule has 0 saturated carbocycles. The lowest BCUT2D eigenvalue weighted by molar-refractivity contribution is -0.385. The number of halogens is 2. The van der Waals surface area contributed by atoms with Gasteiger partial charge in [-0.15, -0.1) is 0 Å². The lowest BCUT2D eigenvalue weighted by Gasteiger charge is -2.03. The van der Waals surface area contributed by atoms with Crippen LogP contribution in [0.5, 0.6) is 5.75 Å². The fourth-order valence-electron chi connectivity index (χ4n) is 2.28. The normalized spacial score (nSPS) is 15.0. The molecule has 0 spiro atoms. The number of cyclic esters (lactones) is 1. The zero-order chi connectivity index (χ0) is 18.8. The van der Waals surface area contributed by atoms with E-state index in [0.717, 1.165) is 0 Å². The highest BCUT2D eigenvalue weighted by atomic mass is 35.5. The Morgan fingerprint density at radius 1 is 1.27 bits per heavy atom. The summed E-state index contributed by atoms with van der Waals surface area (Å²) in [7, 11) is 1.32. The van der Waals surface area contributed by atoms with E-state index in [4.69, 9.17) is 32.7 Å². The molecule has 0 atom stereocenters. The van der Waals surface area contributed by atoms with Crippen molar-refractivity contribution in [1.29, 1.82) is 0 Å². The van der Waals surface area contributed by atoms with Crippen LogP contribution in [0.3, 0.4) is 0 Å². The molecule has 0 unspecified atom stereocenters. The number of nitro groups is 1. The lowest BCUT2D eigenvalue weighted by Crippen LogP contribution is -2.06. The second kappa shape index (κ2) is 7.15. The van der Waals surface area contributed by atoms with Crippen molar-refractivity contribution in [2.45, 2.75) is 0 Å². The van der Waals surface area contributed by atoms with Gasteiger partial charge in [-0.05, 0) is 29.8 Å². The molecule has 0 N–H and O–H groups in total. The molecule has 0 bridgehead atoms. The summed E-state index contributed by atoms with van der Waals surface area (Å²) < 4.78 is 10.1. The van der Waals surface area contributed by atoms with Crippen LogP contribution in [0.1, 0.15) is 11.1 Å². The van der Waals surface area contributed by atoms with Crippen molar-refractivity contribution in [3.05, 3.63) is 73.4 Å². The largest absolute Gasteiger partial charge is 0.490 e. The summed E-state index contributed by atoms with van der Waals surface area (Å²) in [5.74, 6) is -0.662. The van der Waals surface area contributed by atoms with E-state index in [1.807, 2.05) is 0 Å². The molecular formula is C17H10Cl2N2O5. The minimum atomic E-state index is -0.700. The molecule has 132 valence electrons. The van der Waals surface area contributed by atoms with Gasteiger partial charge in [0.25, 0.3) is 0 Å². The van der Waals surface area contributed by atoms with E-state index in [1.165, 1.54) is 31.4 Å². The minimum absolute atomic E-state index is 0.00244. The summed E-state index contributed by atoms with van der Waals surface area (Å²) in [4.78, 5) is 26.7. The average Bonchev–Trinajstić information content (AvgIpc) is 2.99. The van der Waals surface area contributed by atoms with E-state index in [9.17, 15) is 14.9 Å². The predicted molar refractivity (Wildman–Crippen MR) is 96.7 cm³/mol. The van der Waals surface area contributed by atoms with Crippen molar-refractivity contribution < 1.29 is 19.2 Å². The maximum atomic E-state index is 12.1. The third-order valence-corrected chi connectivity index (χ3v) is 4.35. The van der Waals surface area contributed by atoms with Crippen LogP contribution < -0.4 is 4.74 Å². The predicted octanol–water partition coefficient (Wildman–Crippen LogP) is 4.25. The number of benzene rings is 2. The van der Waals surface area contributed by atoms with E-state index >= 15 is 0 Å². The van der Waals surface area contributed by atoms with Gasteiger partial charge in [-0.2, -0.15) is 0 Å². The smallest absolute Gasteiger partial charge is 0.363 e. The van der Waals surface area contributed by atoms with Crippen LogP contribution in [0.15, 0.2) is 47.1 Å². The Bertz CT molecular complexity index is 985. The van der Waals surface area contributed by atoms with Gasteiger partial charge in [-0.25, -0.2) is 9.79 Å². The van der Waals surface area contributed by atoms with E-state index in [-0.39, 0.29) is 33.6 Å². The first kappa shape index (κ1) is 17.9. The molecule has 1 heterocycles. The van der Waals surface area contributed by atoms with Gasteiger partial charge in [0.1, 0.15) is 0 Å². The van der Waals surface area contributed by atoms with Gasteiger partial charge in [0.15, 0.2) is 11.4 Å². The SMILES string of the molecule is COc1ccc(C2=NC(=Cc3cccc(Cl)c3Cl)C(=O)O2)cc1[N+](=O)[O-].